The van der Waals surface area contributed by atoms with Crippen LogP contribution in [0, 0.1) is 11.2 Å². The number of fused-ring (bicyclic) bond motifs is 1. The number of halogens is 4. The van der Waals surface area contributed by atoms with Gasteiger partial charge in [0.1, 0.15) is 11.6 Å². The van der Waals surface area contributed by atoms with Crippen LogP contribution in [0.25, 0.3) is 0 Å². The minimum Gasteiger partial charge on any atom is -0.494 e. The number of methoxy groups -OCH3 is 3. The fraction of sp³-hybridized carbons (Fsp3) is 0.515. The SMILES string of the molecule is CCC(OC1CCN(c2cc(C(=O)CN3Cc4cc(OC)c(OC)c(F)c4C3=N)cc(C(C)(C)C)c2OC)C1)C(=O)O.O=C(O)C(F)(F)F. The number of nitrogens with one attached hydrogen (secondary N) is 1. The maximum absolute atomic E-state index is 15.3. The van der Waals surface area contributed by atoms with Crippen LogP contribution in [0.3, 0.4) is 0 Å². The Balaban J connectivity index is 0.000000838. The molecule has 0 radical (unpaired) electrons. The molecule has 49 heavy (non-hydrogen) atoms. The molecule has 0 amide bonds. The number of alkyl halides is 3. The zero-order chi connectivity index (χ0) is 37.0. The largest absolute Gasteiger partial charge is 0.494 e. The number of hydrogen-bond acceptors (Lipinski definition) is 9. The summed E-state index contributed by atoms with van der Waals surface area (Å²) >= 11 is 0. The lowest BCUT2D eigenvalue weighted by molar-refractivity contribution is -0.192. The van der Waals surface area contributed by atoms with Crippen molar-refractivity contribution in [1.29, 1.82) is 5.41 Å². The molecule has 0 bridgehead atoms. The molecule has 2 aromatic rings. The summed E-state index contributed by atoms with van der Waals surface area (Å²) < 4.78 is 69.2. The molecule has 16 heteroatoms. The van der Waals surface area contributed by atoms with E-state index in [1.54, 1.807) is 26.2 Å². The van der Waals surface area contributed by atoms with Crippen molar-refractivity contribution in [3.63, 3.8) is 0 Å². The third-order valence-corrected chi connectivity index (χ3v) is 8.08. The average molecular weight is 700 g/mol. The van der Waals surface area contributed by atoms with Crippen LogP contribution in [0.5, 0.6) is 17.2 Å². The van der Waals surface area contributed by atoms with E-state index in [9.17, 15) is 27.9 Å². The zero-order valence-corrected chi connectivity index (χ0v) is 28.3. The Hall–Kier alpha value is -4.60. The van der Waals surface area contributed by atoms with Crippen molar-refractivity contribution in [2.24, 2.45) is 0 Å². The van der Waals surface area contributed by atoms with E-state index >= 15 is 4.39 Å². The minimum absolute atomic E-state index is 0.0784. The number of ether oxygens (including phenoxy) is 4. The second-order valence-corrected chi connectivity index (χ2v) is 12.4. The summed E-state index contributed by atoms with van der Waals surface area (Å²) in [5, 5.41) is 25.2. The molecule has 2 atom stereocenters. The smallest absolute Gasteiger partial charge is 0.490 e. The average Bonchev–Trinajstić information content (AvgIpc) is 3.62. The van der Waals surface area contributed by atoms with Crippen molar-refractivity contribution >= 4 is 29.2 Å². The van der Waals surface area contributed by atoms with Gasteiger partial charge in [0.2, 0.25) is 0 Å². The molecule has 0 saturated carbocycles. The number of aliphatic carboxylic acids is 2. The molecule has 1 fully saturated rings. The Morgan fingerprint density at radius 2 is 1.63 bits per heavy atom. The molecule has 0 aliphatic carbocycles. The molecule has 270 valence electrons. The van der Waals surface area contributed by atoms with Gasteiger partial charge in [-0.15, -0.1) is 0 Å². The van der Waals surface area contributed by atoms with Crippen LogP contribution in [-0.2, 0) is 26.3 Å². The fourth-order valence-electron chi connectivity index (χ4n) is 5.62. The van der Waals surface area contributed by atoms with Gasteiger partial charge in [0.05, 0.1) is 45.2 Å². The first-order valence-electron chi connectivity index (χ1n) is 15.2. The number of amidine groups is 1. The van der Waals surface area contributed by atoms with Crippen molar-refractivity contribution in [1.82, 2.24) is 4.90 Å². The normalized spacial score (nSPS) is 16.5. The lowest BCUT2D eigenvalue weighted by Gasteiger charge is -2.29. The van der Waals surface area contributed by atoms with Gasteiger partial charge in [0, 0.05) is 30.8 Å². The predicted molar refractivity (Wildman–Crippen MR) is 170 cm³/mol. The van der Waals surface area contributed by atoms with E-state index in [1.807, 2.05) is 26.8 Å². The second kappa shape index (κ2) is 15.3. The molecule has 2 aliphatic heterocycles. The fourth-order valence-corrected chi connectivity index (χ4v) is 5.62. The van der Waals surface area contributed by atoms with Crippen LogP contribution in [0.2, 0.25) is 0 Å². The first-order chi connectivity index (χ1) is 22.8. The summed E-state index contributed by atoms with van der Waals surface area (Å²) in [5.41, 5.74) is 2.28. The summed E-state index contributed by atoms with van der Waals surface area (Å²) in [5.74, 6) is -3.96. The summed E-state index contributed by atoms with van der Waals surface area (Å²) in [6.07, 6.45) is -5.23. The highest BCUT2D eigenvalue weighted by Crippen LogP contribution is 2.42. The number of carbonyl (C=O) groups is 3. The first kappa shape index (κ1) is 38.8. The number of anilines is 1. The Bertz CT molecular complexity index is 1590. The number of carboxylic acids is 2. The highest BCUT2D eigenvalue weighted by atomic mass is 19.4. The van der Waals surface area contributed by atoms with Gasteiger partial charge in [0.25, 0.3) is 0 Å². The number of benzene rings is 2. The lowest BCUT2D eigenvalue weighted by atomic mass is 9.84. The molecule has 1 saturated heterocycles. The number of hydrogen-bond donors (Lipinski definition) is 3. The van der Waals surface area contributed by atoms with Crippen molar-refractivity contribution in [2.45, 2.75) is 70.9 Å². The van der Waals surface area contributed by atoms with Crippen molar-refractivity contribution in [3.8, 4) is 17.2 Å². The van der Waals surface area contributed by atoms with E-state index in [4.69, 9.17) is 34.3 Å². The zero-order valence-electron chi connectivity index (χ0n) is 28.3. The molecule has 0 aromatic heterocycles. The van der Waals surface area contributed by atoms with Crippen molar-refractivity contribution < 1.29 is 61.1 Å². The van der Waals surface area contributed by atoms with E-state index < -0.39 is 30.0 Å². The van der Waals surface area contributed by atoms with Crippen LogP contribution in [-0.4, -0.2) is 98.0 Å². The van der Waals surface area contributed by atoms with Gasteiger partial charge in [-0.25, -0.2) is 14.0 Å². The molecule has 2 aliphatic rings. The second-order valence-electron chi connectivity index (χ2n) is 12.4. The van der Waals surface area contributed by atoms with Crippen LogP contribution in [0.4, 0.5) is 23.2 Å². The van der Waals surface area contributed by atoms with Gasteiger partial charge in [0.15, 0.2) is 29.2 Å². The highest BCUT2D eigenvalue weighted by Gasteiger charge is 2.38. The predicted octanol–water partition coefficient (Wildman–Crippen LogP) is 5.26. The van der Waals surface area contributed by atoms with Crippen LogP contribution in [0.15, 0.2) is 18.2 Å². The van der Waals surface area contributed by atoms with E-state index in [1.165, 1.54) is 19.1 Å². The molecule has 2 unspecified atom stereocenters. The van der Waals surface area contributed by atoms with Crippen LogP contribution in [0.1, 0.15) is 67.6 Å². The molecule has 4 rings (SSSR count). The minimum atomic E-state index is -5.08. The van der Waals surface area contributed by atoms with Gasteiger partial charge in [-0.1, -0.05) is 27.7 Å². The molecule has 2 aromatic carbocycles. The number of carbonyl (C=O) groups excluding carboxylic acids is 1. The number of carboxylic acid groups (broad SMARTS) is 2. The summed E-state index contributed by atoms with van der Waals surface area (Å²) in [7, 11) is 4.35. The Kier molecular flexibility index (Phi) is 12.1. The maximum atomic E-state index is 15.3. The lowest BCUT2D eigenvalue weighted by Crippen LogP contribution is -2.32. The van der Waals surface area contributed by atoms with Gasteiger partial charge >= 0.3 is 18.1 Å². The van der Waals surface area contributed by atoms with E-state index in [-0.39, 0.29) is 53.3 Å². The molecule has 2 heterocycles. The molecule has 12 nitrogen and oxygen atoms in total. The van der Waals surface area contributed by atoms with Gasteiger partial charge < -0.3 is 39.0 Å². The standard InChI is InChI=1S/C31H40FN3O7.C2HF3O2/c1-8-23(30(37)38)42-19-9-10-34(15-19)21-12-17(11-20(27(21)40-6)31(2,3)4)22(36)16-35-14-18-13-24(39-5)28(41-7)26(32)25(18)29(35)33;3-2(4,5)1(6)7/h11-13,19,23,33H,8-10,14-16H2,1-7H3,(H,37,38);(H,6,7). The monoisotopic (exact) mass is 699 g/mol. The molecule has 3 N–H and O–H groups in total. The number of rotatable bonds is 11. The quantitative estimate of drug-likeness (QED) is 0.207. The molecular formula is C33H41F4N3O9. The summed E-state index contributed by atoms with van der Waals surface area (Å²) in [6, 6.07) is 5.25. The Morgan fingerprint density at radius 3 is 2.12 bits per heavy atom. The number of nitrogens with zero attached hydrogens (tertiary/aromatic N) is 2. The highest BCUT2D eigenvalue weighted by molar-refractivity contribution is 6.06. The topological polar surface area (TPSA) is 159 Å². The Labute approximate surface area is 281 Å². The summed E-state index contributed by atoms with van der Waals surface area (Å²) in [6.45, 7) is 8.99. The van der Waals surface area contributed by atoms with E-state index in [2.05, 4.69) is 4.90 Å². The third-order valence-electron chi connectivity index (χ3n) is 8.08. The number of ketones is 1. The van der Waals surface area contributed by atoms with Gasteiger partial charge in [-0.05, 0) is 42.0 Å². The Morgan fingerprint density at radius 1 is 1.02 bits per heavy atom. The third kappa shape index (κ3) is 8.71. The van der Waals surface area contributed by atoms with Crippen molar-refractivity contribution in [3.05, 3.63) is 46.3 Å². The first-order valence-corrected chi connectivity index (χ1v) is 15.2. The molecular weight excluding hydrogens is 658 g/mol. The van der Waals surface area contributed by atoms with E-state index in [0.717, 1.165) is 11.3 Å². The van der Waals surface area contributed by atoms with Crippen molar-refractivity contribution in [2.75, 3.05) is 45.9 Å². The summed E-state index contributed by atoms with van der Waals surface area (Å²) in [4.78, 5) is 37.8. The molecule has 0 spiro atoms. The number of Topliss-reactive ketones (excluding diaryl/α,β-unsaturated/α-hetero) is 1. The maximum Gasteiger partial charge on any atom is 0.490 e. The van der Waals surface area contributed by atoms with Gasteiger partial charge in [-0.2, -0.15) is 13.2 Å². The van der Waals surface area contributed by atoms with Crippen LogP contribution >= 0.6 is 0 Å². The van der Waals surface area contributed by atoms with Gasteiger partial charge in [-0.3, -0.25) is 10.2 Å². The van der Waals surface area contributed by atoms with Crippen LogP contribution < -0.4 is 19.1 Å². The van der Waals surface area contributed by atoms with E-state index in [0.29, 0.717) is 42.8 Å².